The first-order valence-electron chi connectivity index (χ1n) is 11.3. The zero-order valence-electron chi connectivity index (χ0n) is 20.3. The van der Waals surface area contributed by atoms with Gasteiger partial charge in [0.2, 0.25) is 0 Å². The van der Waals surface area contributed by atoms with E-state index in [-0.39, 0.29) is 11.6 Å². The van der Waals surface area contributed by atoms with Crippen molar-refractivity contribution >= 4 is 11.4 Å². The van der Waals surface area contributed by atoms with Crippen molar-refractivity contribution in [2.75, 3.05) is 6.54 Å². The average molecular weight is 447 g/mol. The topological polar surface area (TPSA) is 52.9 Å². The Balaban J connectivity index is 3.09. The van der Waals surface area contributed by atoms with Gasteiger partial charge in [-0.3, -0.25) is 4.79 Å². The average Bonchev–Trinajstić information content (AvgIpc) is 2.80. The summed E-state index contributed by atoms with van der Waals surface area (Å²) in [4.78, 5) is 11.6. The fourth-order valence-electron chi connectivity index (χ4n) is 3.03. The van der Waals surface area contributed by atoms with Crippen LogP contribution in [0.4, 0.5) is 4.39 Å². The zero-order chi connectivity index (χ0) is 24.8. The Kier molecular flexibility index (Phi) is 12.5. The van der Waals surface area contributed by atoms with E-state index in [2.05, 4.69) is 50.2 Å². The molecule has 1 rings (SSSR count). The van der Waals surface area contributed by atoms with Crippen LogP contribution < -0.4 is 5.32 Å². The Bertz CT molecular complexity index is 1010. The molecule has 0 radical (unpaired) electrons. The van der Waals surface area contributed by atoms with Crippen molar-refractivity contribution in [1.29, 1.82) is 5.26 Å². The van der Waals surface area contributed by atoms with Crippen molar-refractivity contribution in [3.63, 3.8) is 0 Å². The normalized spacial score (nSPS) is 13.3. The summed E-state index contributed by atoms with van der Waals surface area (Å²) in [5.74, 6) is 5.94. The van der Waals surface area contributed by atoms with Crippen molar-refractivity contribution in [3.8, 4) is 17.9 Å². The Morgan fingerprint density at radius 2 is 2.06 bits per heavy atom. The van der Waals surface area contributed by atoms with Crippen LogP contribution in [0.5, 0.6) is 0 Å². The van der Waals surface area contributed by atoms with Crippen LogP contribution in [0.25, 0.3) is 5.57 Å². The predicted octanol–water partition coefficient (Wildman–Crippen LogP) is 6.34. The second-order valence-corrected chi connectivity index (χ2v) is 8.20. The Morgan fingerprint density at radius 3 is 2.61 bits per heavy atom. The summed E-state index contributed by atoms with van der Waals surface area (Å²) < 4.78 is 14.9. The highest BCUT2D eigenvalue weighted by Gasteiger charge is 2.13. The summed E-state index contributed by atoms with van der Waals surface area (Å²) in [5, 5.41) is 12.6. The van der Waals surface area contributed by atoms with E-state index in [0.717, 1.165) is 24.1 Å². The molecule has 0 spiro atoms. The molecule has 0 aromatic heterocycles. The highest BCUT2D eigenvalue weighted by atomic mass is 19.1. The van der Waals surface area contributed by atoms with Gasteiger partial charge in [-0.05, 0) is 61.1 Å². The quantitative estimate of drug-likeness (QED) is 0.218. The lowest BCUT2D eigenvalue weighted by atomic mass is 9.97. The maximum absolute atomic E-state index is 14.9. The molecule has 1 aromatic rings. The van der Waals surface area contributed by atoms with Crippen LogP contribution in [-0.2, 0) is 11.2 Å². The van der Waals surface area contributed by atoms with Gasteiger partial charge in [-0.2, -0.15) is 5.26 Å². The second-order valence-electron chi connectivity index (χ2n) is 8.20. The number of hydrogen-bond acceptors (Lipinski definition) is 3. The molecule has 0 bridgehead atoms. The summed E-state index contributed by atoms with van der Waals surface area (Å²) in [6, 6.07) is 6.82. The number of nitrogens with one attached hydrogen (secondary N) is 1. The van der Waals surface area contributed by atoms with E-state index in [1.54, 1.807) is 19.1 Å². The summed E-state index contributed by atoms with van der Waals surface area (Å²) in [5.41, 5.74) is 3.41. The molecule has 0 fully saturated rings. The van der Waals surface area contributed by atoms with Gasteiger partial charge < -0.3 is 5.32 Å². The number of ketones is 1. The summed E-state index contributed by atoms with van der Waals surface area (Å²) in [6.45, 7) is 15.9. The van der Waals surface area contributed by atoms with E-state index in [1.165, 1.54) is 13.0 Å². The molecule has 2 atom stereocenters. The van der Waals surface area contributed by atoms with Gasteiger partial charge in [0, 0.05) is 12.8 Å². The molecule has 0 aliphatic rings. The second kappa shape index (κ2) is 14.8. The largest absolute Gasteiger partial charge is 0.301 e. The van der Waals surface area contributed by atoms with Gasteiger partial charge in [0.1, 0.15) is 5.82 Å². The first-order valence-corrected chi connectivity index (χ1v) is 11.3. The van der Waals surface area contributed by atoms with Gasteiger partial charge in [0.15, 0.2) is 5.78 Å². The van der Waals surface area contributed by atoms with E-state index in [9.17, 15) is 14.4 Å². The lowest BCUT2D eigenvalue weighted by Gasteiger charge is -2.15. The number of allylic oxidation sites excluding steroid dienone is 6. The monoisotopic (exact) mass is 446 g/mol. The van der Waals surface area contributed by atoms with Gasteiger partial charge in [-0.1, -0.05) is 75.3 Å². The minimum atomic E-state index is -0.437. The lowest BCUT2D eigenvalue weighted by molar-refractivity contribution is -0.113. The standard InChI is InChI=1S/C29H35FN2O/c1-7-10-11-24(16-22(5)23(6)33)12-13-25(9-3)26-14-15-27(29(30)18-26)17-28(19-31)32-20-21(4)8-2/h9,12-15,18,21,28,32H,3,5,8,11,16-17,20H2,1-2,4,6H3/b24-12+,25-13+/t21-,28-/m0/s1. The molecular weight excluding hydrogens is 411 g/mol. The van der Waals surface area contributed by atoms with Crippen LogP contribution in [0.3, 0.4) is 0 Å². The number of carbonyl (C=O) groups excluding carboxylic acids is 1. The van der Waals surface area contributed by atoms with Crippen LogP contribution in [-0.4, -0.2) is 18.4 Å². The van der Waals surface area contributed by atoms with Crippen molar-refractivity contribution in [1.82, 2.24) is 5.32 Å². The molecule has 0 aliphatic heterocycles. The number of carbonyl (C=O) groups is 1. The molecular formula is C29H35FN2O. The van der Waals surface area contributed by atoms with E-state index >= 15 is 0 Å². The molecule has 0 aliphatic carbocycles. The minimum absolute atomic E-state index is 0.0507. The van der Waals surface area contributed by atoms with E-state index in [1.807, 2.05) is 18.2 Å². The molecule has 1 N–H and O–H groups in total. The Labute approximate surface area is 198 Å². The third-order valence-electron chi connectivity index (χ3n) is 5.52. The number of benzene rings is 1. The zero-order valence-corrected chi connectivity index (χ0v) is 20.3. The Morgan fingerprint density at radius 1 is 1.33 bits per heavy atom. The van der Waals surface area contributed by atoms with Crippen LogP contribution in [0.1, 0.15) is 58.1 Å². The van der Waals surface area contributed by atoms with E-state index in [4.69, 9.17) is 0 Å². The third-order valence-corrected chi connectivity index (χ3v) is 5.52. The molecule has 0 amide bonds. The molecule has 3 nitrogen and oxygen atoms in total. The van der Waals surface area contributed by atoms with Crippen molar-refractivity contribution in [2.45, 2.75) is 59.4 Å². The van der Waals surface area contributed by atoms with E-state index < -0.39 is 6.04 Å². The van der Waals surface area contributed by atoms with Crippen LogP contribution >= 0.6 is 0 Å². The molecule has 0 saturated carbocycles. The predicted molar refractivity (Wildman–Crippen MR) is 136 cm³/mol. The van der Waals surface area contributed by atoms with Gasteiger partial charge in [0.25, 0.3) is 0 Å². The molecule has 0 heterocycles. The third kappa shape index (κ3) is 9.85. The van der Waals surface area contributed by atoms with Gasteiger partial charge in [0.05, 0.1) is 12.1 Å². The molecule has 4 heteroatoms. The maximum atomic E-state index is 14.9. The number of nitrogens with zero attached hydrogens (tertiary/aromatic N) is 1. The van der Waals surface area contributed by atoms with Crippen molar-refractivity contribution in [2.24, 2.45) is 5.92 Å². The maximum Gasteiger partial charge on any atom is 0.155 e. The molecule has 0 saturated heterocycles. The highest BCUT2D eigenvalue weighted by Crippen LogP contribution is 2.22. The number of rotatable bonds is 13. The Hall–Kier alpha value is -3.21. The fourth-order valence-corrected chi connectivity index (χ4v) is 3.03. The SMILES string of the molecule is C=C/C(=C\C=C(/CC#CC)CC(=C)C(C)=O)c1ccc(C[C@@H](C#N)NC[C@@H](C)CC)c(F)c1. The number of Topliss-reactive ketones (excluding diaryl/α,β-unsaturated/α-hetero) is 1. The van der Waals surface area contributed by atoms with Gasteiger partial charge >= 0.3 is 0 Å². The molecule has 174 valence electrons. The number of hydrogen-bond donors (Lipinski definition) is 1. The minimum Gasteiger partial charge on any atom is -0.301 e. The number of halogens is 1. The van der Waals surface area contributed by atoms with Crippen LogP contribution in [0, 0.1) is 34.9 Å². The van der Waals surface area contributed by atoms with Crippen LogP contribution in [0.2, 0.25) is 0 Å². The molecule has 33 heavy (non-hydrogen) atoms. The summed E-state index contributed by atoms with van der Waals surface area (Å²) in [7, 11) is 0. The molecule has 0 unspecified atom stereocenters. The summed E-state index contributed by atoms with van der Waals surface area (Å²) in [6.07, 6.45) is 7.71. The number of nitriles is 1. The summed E-state index contributed by atoms with van der Waals surface area (Å²) >= 11 is 0. The lowest BCUT2D eigenvalue weighted by Crippen LogP contribution is -2.33. The van der Waals surface area contributed by atoms with Crippen molar-refractivity contribution < 1.29 is 9.18 Å². The fraction of sp³-hybridized carbons (Fsp3) is 0.379. The van der Waals surface area contributed by atoms with Gasteiger partial charge in [-0.25, -0.2) is 4.39 Å². The molecule has 1 aromatic carbocycles. The van der Waals surface area contributed by atoms with Gasteiger partial charge in [-0.15, -0.1) is 5.92 Å². The smallest absolute Gasteiger partial charge is 0.155 e. The first kappa shape index (κ1) is 27.8. The van der Waals surface area contributed by atoms with Crippen molar-refractivity contribution in [3.05, 3.63) is 77.7 Å². The first-order chi connectivity index (χ1) is 15.7. The van der Waals surface area contributed by atoms with Crippen LogP contribution in [0.15, 0.2) is 60.7 Å². The van der Waals surface area contributed by atoms with E-state index in [0.29, 0.717) is 41.9 Å². The highest BCUT2D eigenvalue weighted by molar-refractivity contribution is 5.93.